The van der Waals surface area contributed by atoms with Gasteiger partial charge in [0.2, 0.25) is 17.7 Å². The molecule has 2 aromatic carbocycles. The molecule has 238 valence electrons. The van der Waals surface area contributed by atoms with E-state index in [9.17, 15) is 23.7 Å². The van der Waals surface area contributed by atoms with Crippen molar-refractivity contribution < 1.29 is 23.7 Å². The van der Waals surface area contributed by atoms with Gasteiger partial charge in [0.15, 0.2) is 0 Å². The van der Waals surface area contributed by atoms with Crippen LogP contribution in [0, 0.1) is 11.8 Å². The fourth-order valence-corrected chi connectivity index (χ4v) is 8.18. The number of carbonyl (C=O) groups excluding carboxylic acids is 4. The Kier molecular flexibility index (Phi) is 10.4. The molecular formula is C33H39N5O5S2. The molecule has 3 heterocycles. The van der Waals surface area contributed by atoms with Gasteiger partial charge in [-0.2, -0.15) is 11.8 Å². The third kappa shape index (κ3) is 8.22. The maximum absolute atomic E-state index is 13.5. The number of rotatable bonds is 12. The molecule has 2 unspecified atom stereocenters. The molecule has 0 aromatic heterocycles. The Hall–Kier alpha value is -3.92. The van der Waals surface area contributed by atoms with Gasteiger partial charge < -0.3 is 30.7 Å². The molecule has 12 heteroatoms. The van der Waals surface area contributed by atoms with Crippen molar-refractivity contribution >= 4 is 62.4 Å². The molecule has 4 atom stereocenters. The van der Waals surface area contributed by atoms with Crippen molar-refractivity contribution in [3.63, 3.8) is 0 Å². The SMILES string of the molecule is C=S(=C)(O)C(CNC(=O)CCCCC1SC[C@H]2NC(=O)N[C@H]12)C(=O)NCCC(=O)N1Cc2ccccc2C#Cc2ccccc21. The molecule has 5 rings (SSSR count). The second kappa shape index (κ2) is 14.5. The molecule has 2 aromatic rings. The van der Waals surface area contributed by atoms with Crippen LogP contribution in [0.4, 0.5) is 10.5 Å². The number of nitrogens with one attached hydrogen (secondary N) is 4. The van der Waals surface area contributed by atoms with Crippen LogP contribution in [0.25, 0.3) is 0 Å². The van der Waals surface area contributed by atoms with E-state index in [0.717, 1.165) is 35.3 Å². The molecule has 0 saturated carbocycles. The zero-order valence-electron chi connectivity index (χ0n) is 25.1. The van der Waals surface area contributed by atoms with Crippen LogP contribution in [-0.4, -0.2) is 81.5 Å². The number of urea groups is 1. The molecule has 3 aliphatic heterocycles. The second-order valence-electron chi connectivity index (χ2n) is 11.5. The van der Waals surface area contributed by atoms with E-state index in [1.807, 2.05) is 60.3 Å². The van der Waals surface area contributed by atoms with Gasteiger partial charge in [0.25, 0.3) is 0 Å². The Morgan fingerprint density at radius 2 is 1.76 bits per heavy atom. The summed E-state index contributed by atoms with van der Waals surface area (Å²) in [6.07, 6.45) is 2.71. The fraction of sp³-hybridized carbons (Fsp3) is 0.394. The Labute approximate surface area is 268 Å². The monoisotopic (exact) mass is 649 g/mol. The first kappa shape index (κ1) is 32.5. The zero-order valence-corrected chi connectivity index (χ0v) is 26.7. The molecule has 2 saturated heterocycles. The summed E-state index contributed by atoms with van der Waals surface area (Å²) in [5.41, 5.74) is 3.24. The quantitative estimate of drug-likeness (QED) is 0.104. The van der Waals surface area contributed by atoms with Crippen LogP contribution in [-0.2, 0) is 20.9 Å². The standard InChI is InChI=1S/C33H39N5O5S2/c1-45(2,43)28(19-35-29(39)14-8-7-13-27-31-25(21-44-27)36-33(42)37-31)32(41)34-18-17-30(40)38-20-24-11-4-3-9-22(24)15-16-23-10-5-6-12-26(23)38/h3-6,9-12,25,27-28,31,43H,1-2,7-8,13-14,17-21H2,(H,34,41)(H,35,39)(H2,36,37,42)/t25-,27?,28?,31+/m1/s1. The van der Waals surface area contributed by atoms with Gasteiger partial charge in [-0.1, -0.05) is 69.8 Å². The van der Waals surface area contributed by atoms with E-state index in [4.69, 9.17) is 0 Å². The summed E-state index contributed by atoms with van der Waals surface area (Å²) in [4.78, 5) is 52.3. The zero-order chi connectivity index (χ0) is 32.0. The molecule has 5 amide bonds. The topological polar surface area (TPSA) is 140 Å². The number of thioether (sulfide) groups is 1. The average Bonchev–Trinajstić information content (AvgIpc) is 3.55. The van der Waals surface area contributed by atoms with Crippen LogP contribution < -0.4 is 26.2 Å². The van der Waals surface area contributed by atoms with E-state index < -0.39 is 20.6 Å². The van der Waals surface area contributed by atoms with Crippen LogP contribution in [0.2, 0.25) is 0 Å². The molecule has 0 bridgehead atoms. The predicted molar refractivity (Wildman–Crippen MR) is 183 cm³/mol. The highest BCUT2D eigenvalue weighted by Gasteiger charge is 2.42. The number of unbranched alkanes of at least 4 members (excludes halogenated alkanes) is 1. The highest BCUT2D eigenvalue weighted by molar-refractivity contribution is 8.24. The summed E-state index contributed by atoms with van der Waals surface area (Å²) in [6, 6.07) is 15.4. The van der Waals surface area contributed by atoms with E-state index >= 15 is 0 Å². The Balaban J connectivity index is 1.09. The lowest BCUT2D eigenvalue weighted by Gasteiger charge is -2.26. The van der Waals surface area contributed by atoms with Crippen LogP contribution in [0.15, 0.2) is 48.5 Å². The number of anilines is 1. The molecule has 0 spiro atoms. The first-order chi connectivity index (χ1) is 21.6. The number of nitrogens with zero attached hydrogens (tertiary/aromatic N) is 1. The van der Waals surface area contributed by atoms with Crippen molar-refractivity contribution in [2.45, 2.75) is 61.2 Å². The number of fused-ring (bicyclic) bond motifs is 3. The summed E-state index contributed by atoms with van der Waals surface area (Å²) < 4.78 is 10.6. The number of para-hydroxylation sites is 1. The molecule has 45 heavy (non-hydrogen) atoms. The van der Waals surface area contributed by atoms with Gasteiger partial charge in [-0.15, -0.1) is 0 Å². The summed E-state index contributed by atoms with van der Waals surface area (Å²) in [6.45, 7) is 0.284. The molecular weight excluding hydrogens is 611 g/mol. The molecule has 5 N–H and O–H groups in total. The van der Waals surface area contributed by atoms with Crippen molar-refractivity contribution in [1.29, 1.82) is 0 Å². The van der Waals surface area contributed by atoms with E-state index in [-0.39, 0.29) is 55.9 Å². The van der Waals surface area contributed by atoms with Crippen molar-refractivity contribution in [1.82, 2.24) is 21.3 Å². The van der Waals surface area contributed by atoms with Crippen LogP contribution in [0.5, 0.6) is 0 Å². The minimum atomic E-state index is -2.84. The van der Waals surface area contributed by atoms with Gasteiger partial charge in [0, 0.05) is 48.1 Å². The van der Waals surface area contributed by atoms with Crippen molar-refractivity contribution in [2.75, 3.05) is 23.7 Å². The first-order valence-electron chi connectivity index (χ1n) is 15.0. The number of benzene rings is 2. The molecule has 2 fully saturated rings. The van der Waals surface area contributed by atoms with Gasteiger partial charge in [-0.3, -0.25) is 14.4 Å². The lowest BCUT2D eigenvalue weighted by molar-refractivity contribution is -0.122. The fourth-order valence-electron chi connectivity index (χ4n) is 5.77. The largest absolute Gasteiger partial charge is 0.355 e. The summed E-state index contributed by atoms with van der Waals surface area (Å²) >= 11 is 1.84. The van der Waals surface area contributed by atoms with Crippen molar-refractivity contribution in [2.24, 2.45) is 0 Å². The molecule has 10 nitrogen and oxygen atoms in total. The molecule has 0 radical (unpaired) electrons. The molecule has 3 aliphatic rings. The minimum absolute atomic E-state index is 0.0252. The van der Waals surface area contributed by atoms with Gasteiger partial charge in [-0.25, -0.2) is 4.79 Å². The van der Waals surface area contributed by atoms with E-state index in [0.29, 0.717) is 23.9 Å². The molecule has 0 aliphatic carbocycles. The minimum Gasteiger partial charge on any atom is -0.355 e. The highest BCUT2D eigenvalue weighted by atomic mass is 32.2. The normalized spacial score (nSPS) is 20.5. The third-order valence-electron chi connectivity index (χ3n) is 8.20. The summed E-state index contributed by atoms with van der Waals surface area (Å²) in [5, 5.41) is 10.7. The van der Waals surface area contributed by atoms with E-state index in [1.54, 1.807) is 4.90 Å². The number of hydrogen-bond donors (Lipinski definition) is 5. The van der Waals surface area contributed by atoms with Crippen LogP contribution in [0.3, 0.4) is 0 Å². The Morgan fingerprint density at radius 3 is 2.56 bits per heavy atom. The maximum atomic E-state index is 13.5. The third-order valence-corrected chi connectivity index (χ3v) is 11.1. The van der Waals surface area contributed by atoms with Crippen molar-refractivity contribution in [3.05, 3.63) is 65.2 Å². The van der Waals surface area contributed by atoms with Crippen molar-refractivity contribution in [3.8, 4) is 11.8 Å². The Morgan fingerprint density at radius 1 is 1.02 bits per heavy atom. The van der Waals surface area contributed by atoms with E-state index in [1.165, 1.54) is 0 Å². The average molecular weight is 650 g/mol. The van der Waals surface area contributed by atoms with Crippen LogP contribution >= 0.6 is 21.2 Å². The second-order valence-corrected chi connectivity index (χ2v) is 15.1. The predicted octanol–water partition coefficient (Wildman–Crippen LogP) is 2.79. The number of carbonyl (C=O) groups is 4. The van der Waals surface area contributed by atoms with Gasteiger partial charge in [0.1, 0.15) is 5.25 Å². The number of hydrogen-bond acceptors (Lipinski definition) is 6. The Bertz CT molecular complexity index is 1630. The first-order valence-corrected chi connectivity index (χ1v) is 18.1. The maximum Gasteiger partial charge on any atom is 0.315 e. The lowest BCUT2D eigenvalue weighted by Crippen LogP contribution is -2.43. The highest BCUT2D eigenvalue weighted by Crippen LogP contribution is 2.33. The summed E-state index contributed by atoms with van der Waals surface area (Å²) in [5.74, 6) is 13.7. The lowest BCUT2D eigenvalue weighted by atomic mass is 10.0. The number of amides is 5. The van der Waals surface area contributed by atoms with E-state index in [2.05, 4.69) is 44.8 Å². The van der Waals surface area contributed by atoms with Gasteiger partial charge in [0.05, 0.1) is 24.3 Å². The van der Waals surface area contributed by atoms with Gasteiger partial charge in [-0.05, 0) is 36.6 Å². The smallest absolute Gasteiger partial charge is 0.315 e. The summed E-state index contributed by atoms with van der Waals surface area (Å²) in [7, 11) is -2.84. The van der Waals surface area contributed by atoms with Gasteiger partial charge >= 0.3 is 6.03 Å². The van der Waals surface area contributed by atoms with Crippen LogP contribution in [0.1, 0.15) is 48.8 Å².